The van der Waals surface area contributed by atoms with E-state index in [4.69, 9.17) is 0 Å². The molecule has 0 aliphatic carbocycles. The Morgan fingerprint density at radius 1 is 1.27 bits per heavy atom. The van der Waals surface area contributed by atoms with Gasteiger partial charge in [-0.15, -0.1) is 11.3 Å². The number of carboxylic acids is 1. The fourth-order valence-electron chi connectivity index (χ4n) is 4.40. The molecule has 0 saturated carbocycles. The number of fused-ring (bicyclic) bond motifs is 5. The highest BCUT2D eigenvalue weighted by molar-refractivity contribution is 7.17. The second-order valence-corrected chi connectivity index (χ2v) is 10.3. The largest absolute Gasteiger partial charge is 0.477 e. The average Bonchev–Trinajstić information content (AvgIpc) is 3.37. The number of benzene rings is 1. The number of thiophene rings is 1. The third-order valence-electron chi connectivity index (χ3n) is 5.91. The van der Waals surface area contributed by atoms with Crippen LogP contribution in [0.1, 0.15) is 42.7 Å². The number of hydrogen-bond acceptors (Lipinski definition) is 5. The Morgan fingerprint density at radius 3 is 2.73 bits per heavy atom. The number of rotatable bonds is 2. The Balaban J connectivity index is 1.88. The molecule has 0 saturated heterocycles. The number of aromatic carboxylic acids is 1. The lowest BCUT2D eigenvalue weighted by molar-refractivity contribution is 0.0693. The third-order valence-corrected chi connectivity index (χ3v) is 7.45. The number of pyridine rings is 1. The van der Waals surface area contributed by atoms with Crippen LogP contribution in [0.4, 0.5) is 0 Å². The van der Waals surface area contributed by atoms with E-state index >= 15 is 0 Å². The first kappa shape index (κ1) is 19.2. The summed E-state index contributed by atoms with van der Waals surface area (Å²) in [5, 5.41) is 14.9. The van der Waals surface area contributed by atoms with Gasteiger partial charge in [0.05, 0.1) is 5.69 Å². The summed E-state index contributed by atoms with van der Waals surface area (Å²) >= 11 is 3.13. The molecule has 3 aromatic heterocycles. The number of carboxylic acid groups (broad SMARTS) is 1. The van der Waals surface area contributed by atoms with Gasteiger partial charge < -0.3 is 9.67 Å². The monoisotopic (exact) mass is 436 g/mol. The van der Waals surface area contributed by atoms with Crippen molar-refractivity contribution in [2.24, 2.45) is 5.41 Å². The molecule has 4 heterocycles. The van der Waals surface area contributed by atoms with Crippen LogP contribution in [0.15, 0.2) is 46.1 Å². The normalized spacial score (nSPS) is 15.8. The fraction of sp³-hybridized carbons (Fsp3) is 0.261. The van der Waals surface area contributed by atoms with E-state index in [1.54, 1.807) is 11.3 Å². The second-order valence-electron chi connectivity index (χ2n) is 8.76. The van der Waals surface area contributed by atoms with Crippen LogP contribution in [0.25, 0.3) is 32.5 Å². The maximum absolute atomic E-state index is 12.6. The Kier molecular flexibility index (Phi) is 4.24. The topological polar surface area (TPSA) is 72.2 Å². The van der Waals surface area contributed by atoms with Crippen molar-refractivity contribution in [3.05, 3.63) is 62.7 Å². The molecule has 0 fully saturated rings. The second kappa shape index (κ2) is 6.62. The SMILES string of the molecule is CC(C)(C)[C@@H]1Cc2c(cc(-c3cnsc3)c3sccc23)-c2cc(=O)c(C(=O)O)cn21. The predicted molar refractivity (Wildman–Crippen MR) is 122 cm³/mol. The molecule has 0 unspecified atom stereocenters. The van der Waals surface area contributed by atoms with Gasteiger partial charge in [0.25, 0.3) is 0 Å². The zero-order valence-electron chi connectivity index (χ0n) is 16.8. The molecule has 5 nitrogen and oxygen atoms in total. The number of aromatic nitrogens is 2. The standard InChI is InChI=1S/C23H20N2O3S2/c1-23(2,3)20-7-15-13-4-5-29-21(13)14(12-9-24-30-11-12)6-16(15)18-8-19(26)17(22(27)28)10-25(18)20/h4-6,8-11,20H,7H2,1-3H3,(H,27,28)/t20-/m0/s1. The van der Waals surface area contributed by atoms with Crippen molar-refractivity contribution in [2.45, 2.75) is 33.2 Å². The van der Waals surface area contributed by atoms with Gasteiger partial charge in [0.2, 0.25) is 0 Å². The summed E-state index contributed by atoms with van der Waals surface area (Å²) < 4.78 is 7.48. The van der Waals surface area contributed by atoms with Gasteiger partial charge in [0.1, 0.15) is 5.56 Å². The van der Waals surface area contributed by atoms with E-state index in [2.05, 4.69) is 42.7 Å². The van der Waals surface area contributed by atoms with Crippen LogP contribution in [-0.4, -0.2) is 20.0 Å². The van der Waals surface area contributed by atoms with E-state index in [9.17, 15) is 14.7 Å². The quantitative estimate of drug-likeness (QED) is 0.438. The third kappa shape index (κ3) is 2.84. The van der Waals surface area contributed by atoms with Gasteiger partial charge in [-0.05, 0) is 51.8 Å². The molecule has 1 N–H and O–H groups in total. The Hall–Kier alpha value is -2.77. The molecule has 152 valence electrons. The minimum atomic E-state index is -1.19. The summed E-state index contributed by atoms with van der Waals surface area (Å²) in [5.74, 6) is -1.19. The molecule has 0 bridgehead atoms. The summed E-state index contributed by atoms with van der Waals surface area (Å²) in [7, 11) is 0. The predicted octanol–water partition coefficient (Wildman–Crippen LogP) is 5.70. The van der Waals surface area contributed by atoms with Crippen molar-refractivity contribution in [1.82, 2.24) is 8.94 Å². The zero-order chi connectivity index (χ0) is 21.2. The van der Waals surface area contributed by atoms with Crippen LogP contribution in [0.2, 0.25) is 0 Å². The lowest BCUT2D eigenvalue weighted by atomic mass is 9.77. The van der Waals surface area contributed by atoms with Crippen molar-refractivity contribution in [3.63, 3.8) is 0 Å². The van der Waals surface area contributed by atoms with Crippen molar-refractivity contribution >= 4 is 38.9 Å². The maximum Gasteiger partial charge on any atom is 0.341 e. The molecule has 4 aromatic rings. The van der Waals surface area contributed by atoms with E-state index in [0.29, 0.717) is 0 Å². The molecule has 1 aliphatic heterocycles. The van der Waals surface area contributed by atoms with Gasteiger partial charge >= 0.3 is 5.97 Å². The molecular weight excluding hydrogens is 416 g/mol. The van der Waals surface area contributed by atoms with Crippen molar-refractivity contribution < 1.29 is 9.90 Å². The maximum atomic E-state index is 12.6. The molecule has 7 heteroatoms. The Labute approximate surface area is 181 Å². The summed E-state index contributed by atoms with van der Waals surface area (Å²) in [6, 6.07) is 5.83. The fourth-order valence-corrected chi connectivity index (χ4v) is 5.90. The summed E-state index contributed by atoms with van der Waals surface area (Å²) in [6.07, 6.45) is 4.18. The lowest BCUT2D eigenvalue weighted by Crippen LogP contribution is -2.32. The van der Waals surface area contributed by atoms with E-state index in [0.717, 1.165) is 28.8 Å². The summed E-state index contributed by atoms with van der Waals surface area (Å²) in [4.78, 5) is 24.3. The van der Waals surface area contributed by atoms with Gasteiger partial charge in [0.15, 0.2) is 5.43 Å². The molecule has 1 aromatic carbocycles. The molecule has 0 radical (unpaired) electrons. The molecule has 5 rings (SSSR count). The van der Waals surface area contributed by atoms with E-state index in [1.165, 1.54) is 39.4 Å². The van der Waals surface area contributed by atoms with E-state index < -0.39 is 11.4 Å². The van der Waals surface area contributed by atoms with E-state index in [-0.39, 0.29) is 17.0 Å². The first-order valence-electron chi connectivity index (χ1n) is 9.68. The van der Waals surface area contributed by atoms with Crippen LogP contribution in [0.3, 0.4) is 0 Å². The van der Waals surface area contributed by atoms with Gasteiger partial charge in [0, 0.05) is 51.3 Å². The van der Waals surface area contributed by atoms with Crippen LogP contribution in [0, 0.1) is 5.41 Å². The smallest absolute Gasteiger partial charge is 0.341 e. The van der Waals surface area contributed by atoms with E-state index in [1.807, 2.05) is 16.1 Å². The highest BCUT2D eigenvalue weighted by Gasteiger charge is 2.34. The van der Waals surface area contributed by atoms with Crippen LogP contribution >= 0.6 is 22.9 Å². The van der Waals surface area contributed by atoms with Crippen molar-refractivity contribution in [2.75, 3.05) is 0 Å². The van der Waals surface area contributed by atoms with Gasteiger partial charge in [-0.3, -0.25) is 4.79 Å². The molecule has 1 aliphatic rings. The molecule has 30 heavy (non-hydrogen) atoms. The number of hydrogen-bond donors (Lipinski definition) is 1. The summed E-state index contributed by atoms with van der Waals surface area (Å²) in [6.45, 7) is 6.46. The number of carbonyl (C=O) groups is 1. The highest BCUT2D eigenvalue weighted by atomic mass is 32.1. The zero-order valence-corrected chi connectivity index (χ0v) is 18.4. The highest BCUT2D eigenvalue weighted by Crippen LogP contribution is 2.47. The van der Waals surface area contributed by atoms with Gasteiger partial charge in [-0.1, -0.05) is 20.8 Å². The minimum Gasteiger partial charge on any atom is -0.477 e. The Morgan fingerprint density at radius 2 is 2.07 bits per heavy atom. The van der Waals surface area contributed by atoms with Gasteiger partial charge in [-0.2, -0.15) is 0 Å². The molecule has 0 amide bonds. The van der Waals surface area contributed by atoms with Crippen molar-refractivity contribution in [1.29, 1.82) is 0 Å². The van der Waals surface area contributed by atoms with Crippen LogP contribution in [0.5, 0.6) is 0 Å². The van der Waals surface area contributed by atoms with Crippen molar-refractivity contribution in [3.8, 4) is 22.4 Å². The lowest BCUT2D eigenvalue weighted by Gasteiger charge is -2.39. The number of nitrogens with zero attached hydrogens (tertiary/aromatic N) is 2. The summed E-state index contributed by atoms with van der Waals surface area (Å²) in [5.41, 5.74) is 4.40. The average molecular weight is 437 g/mol. The van der Waals surface area contributed by atoms with Crippen LogP contribution in [-0.2, 0) is 6.42 Å². The minimum absolute atomic E-state index is 0.0375. The first-order valence-corrected chi connectivity index (χ1v) is 11.4. The first-order chi connectivity index (χ1) is 14.3. The molecular formula is C23H20N2O3S2. The van der Waals surface area contributed by atoms with Crippen LogP contribution < -0.4 is 5.43 Å². The van der Waals surface area contributed by atoms with Gasteiger partial charge in [-0.25, -0.2) is 9.17 Å². The Bertz CT molecular complexity index is 1360. The molecule has 1 atom stereocenters. The molecule has 0 spiro atoms.